The molecule has 0 aliphatic heterocycles. The Labute approximate surface area is 122 Å². The van der Waals surface area contributed by atoms with Crippen molar-refractivity contribution in [1.82, 2.24) is 0 Å². The van der Waals surface area contributed by atoms with Gasteiger partial charge < -0.3 is 10.8 Å². The molecule has 0 unspecified atom stereocenters. The van der Waals surface area contributed by atoms with Gasteiger partial charge in [-0.05, 0) is 0 Å². The molecule has 0 aliphatic carbocycles. The monoisotopic (exact) mass is 220 g/mol. The molecule has 0 aromatic heterocycles. The number of nitro benzene ring substituents is 1. The third kappa shape index (κ3) is 3.03. The van der Waals surface area contributed by atoms with Gasteiger partial charge in [0.25, 0.3) is 5.69 Å². The van der Waals surface area contributed by atoms with Gasteiger partial charge in [0.15, 0.2) is 0 Å². The number of carbonyl (C=O) groups is 1. The Morgan fingerprint density at radius 2 is 2.07 bits per heavy atom. The van der Waals surface area contributed by atoms with Crippen molar-refractivity contribution in [3.8, 4) is 0 Å². The van der Waals surface area contributed by atoms with Crippen LogP contribution in [0.3, 0.4) is 0 Å². The number of hydrogen-bond donors (Lipinski definition) is 1. The zero-order valence-electron chi connectivity index (χ0n) is 7.35. The molecule has 0 radical (unpaired) electrons. The first-order valence-electron chi connectivity index (χ1n) is 3.25. The molecule has 0 saturated heterocycles. The second-order valence-electron chi connectivity index (χ2n) is 2.29. The van der Waals surface area contributed by atoms with Crippen molar-refractivity contribution in [3.63, 3.8) is 0 Å². The molecule has 0 saturated carbocycles. The third-order valence-electron chi connectivity index (χ3n) is 1.42. The minimum atomic E-state index is -1.40. The van der Waals surface area contributed by atoms with Crippen molar-refractivity contribution in [2.75, 3.05) is 0 Å². The molecule has 14 heavy (non-hydrogen) atoms. The summed E-state index contributed by atoms with van der Waals surface area (Å²) < 4.78 is 0. The topological polar surface area (TPSA) is 104 Å². The van der Waals surface area contributed by atoms with Crippen LogP contribution in [0.1, 0.15) is 10.4 Å². The molecule has 0 atom stereocenters. The standard InChI is InChI=1S/C7H5N2O4.K/c8-4-1-2-6(9(12)13)5(3-4)7(10)11;/h1-3,8H,(H,10,11);/q-1;+1. The molecule has 68 valence electrons. The van der Waals surface area contributed by atoms with E-state index in [-0.39, 0.29) is 57.1 Å². The summed E-state index contributed by atoms with van der Waals surface area (Å²) in [4.78, 5) is 20.0. The maximum Gasteiger partial charge on any atom is 1.00 e. The first kappa shape index (κ1) is 13.5. The summed E-state index contributed by atoms with van der Waals surface area (Å²) >= 11 is 0. The SMILES string of the molecule is [K+].[NH-]c1ccc([N+](=O)[O-])c(C(=O)O)c1. The minimum absolute atomic E-state index is 0. The average molecular weight is 220 g/mol. The Morgan fingerprint density at radius 3 is 2.50 bits per heavy atom. The fraction of sp³-hybridized carbons (Fsp3) is 0. The van der Waals surface area contributed by atoms with Gasteiger partial charge >= 0.3 is 57.4 Å². The molecule has 7 heteroatoms. The normalized spacial score (nSPS) is 8.86. The van der Waals surface area contributed by atoms with Crippen LogP contribution in [-0.2, 0) is 0 Å². The molecule has 6 nitrogen and oxygen atoms in total. The zero-order valence-corrected chi connectivity index (χ0v) is 10.5. The van der Waals surface area contributed by atoms with E-state index in [4.69, 9.17) is 10.8 Å². The zero-order chi connectivity index (χ0) is 10.0. The Hall–Kier alpha value is -0.474. The van der Waals surface area contributed by atoms with Crippen molar-refractivity contribution in [1.29, 1.82) is 0 Å². The van der Waals surface area contributed by atoms with Crippen LogP contribution < -0.4 is 51.4 Å². The number of aromatic carboxylic acids is 1. The van der Waals surface area contributed by atoms with E-state index < -0.39 is 22.1 Å². The molecular weight excluding hydrogens is 215 g/mol. The molecule has 2 N–H and O–H groups in total. The summed E-state index contributed by atoms with van der Waals surface area (Å²) in [5, 5.41) is 18.9. The van der Waals surface area contributed by atoms with E-state index in [2.05, 4.69) is 0 Å². The first-order valence-corrected chi connectivity index (χ1v) is 3.25. The summed E-state index contributed by atoms with van der Waals surface area (Å²) in [6.45, 7) is 0. The van der Waals surface area contributed by atoms with Crippen LogP contribution in [0.4, 0.5) is 11.4 Å². The van der Waals surface area contributed by atoms with E-state index in [1.54, 1.807) is 0 Å². The molecule has 0 spiro atoms. The number of nitrogens with zero attached hydrogens (tertiary/aromatic N) is 1. The number of rotatable bonds is 2. The number of nitrogens with one attached hydrogen (secondary N) is 1. The van der Waals surface area contributed by atoms with E-state index in [9.17, 15) is 14.9 Å². The average Bonchev–Trinajstić information content (AvgIpc) is 2.03. The summed E-state index contributed by atoms with van der Waals surface area (Å²) in [6, 6.07) is 3.12. The van der Waals surface area contributed by atoms with Crippen LogP contribution >= 0.6 is 0 Å². The Balaban J connectivity index is 0.00000169. The fourth-order valence-electron chi connectivity index (χ4n) is 0.867. The molecular formula is C7H5KN2O4. The van der Waals surface area contributed by atoms with E-state index >= 15 is 0 Å². The molecule has 1 aromatic carbocycles. The number of benzene rings is 1. The quantitative estimate of drug-likeness (QED) is 0.391. The maximum atomic E-state index is 10.5. The van der Waals surface area contributed by atoms with E-state index in [0.29, 0.717) is 0 Å². The summed E-state index contributed by atoms with van der Waals surface area (Å²) in [5.41, 5.74) is 6.06. The van der Waals surface area contributed by atoms with Gasteiger partial charge in [-0.15, -0.1) is 5.69 Å². The molecule has 0 aliphatic rings. The number of nitro groups is 1. The van der Waals surface area contributed by atoms with Gasteiger partial charge in [-0.1, -0.05) is 12.1 Å². The van der Waals surface area contributed by atoms with E-state index in [1.807, 2.05) is 0 Å². The molecule has 0 fully saturated rings. The number of carboxylic acid groups (broad SMARTS) is 1. The van der Waals surface area contributed by atoms with Gasteiger partial charge in [0.05, 0.1) is 4.92 Å². The molecule has 0 heterocycles. The maximum absolute atomic E-state index is 10.5. The van der Waals surface area contributed by atoms with Crippen molar-refractivity contribution in [2.24, 2.45) is 0 Å². The van der Waals surface area contributed by atoms with Crippen LogP contribution in [0.25, 0.3) is 5.73 Å². The molecule has 0 bridgehead atoms. The molecule has 0 amide bonds. The van der Waals surface area contributed by atoms with Gasteiger partial charge in [0, 0.05) is 6.07 Å². The van der Waals surface area contributed by atoms with Crippen molar-refractivity contribution >= 4 is 17.3 Å². The van der Waals surface area contributed by atoms with Gasteiger partial charge in [-0.2, -0.15) is 0 Å². The van der Waals surface area contributed by atoms with Crippen molar-refractivity contribution < 1.29 is 66.2 Å². The van der Waals surface area contributed by atoms with Gasteiger partial charge in [-0.25, -0.2) is 4.79 Å². The molecule has 1 aromatic rings. The first-order chi connectivity index (χ1) is 6.02. The van der Waals surface area contributed by atoms with Crippen molar-refractivity contribution in [3.05, 3.63) is 39.6 Å². The van der Waals surface area contributed by atoms with E-state index in [1.165, 1.54) is 6.07 Å². The predicted molar refractivity (Wildman–Crippen MR) is 44.0 cm³/mol. The minimum Gasteiger partial charge on any atom is -0.699 e. The number of carboxylic acids is 1. The smallest absolute Gasteiger partial charge is 0.699 e. The summed E-state index contributed by atoms with van der Waals surface area (Å²) in [6.07, 6.45) is 0. The van der Waals surface area contributed by atoms with Crippen LogP contribution in [0, 0.1) is 10.1 Å². The second-order valence-corrected chi connectivity index (χ2v) is 2.29. The van der Waals surface area contributed by atoms with Crippen LogP contribution in [0.2, 0.25) is 0 Å². The van der Waals surface area contributed by atoms with Crippen LogP contribution in [0.15, 0.2) is 18.2 Å². The Kier molecular flexibility index (Phi) is 5.23. The Bertz CT molecular complexity index is 380. The fourth-order valence-corrected chi connectivity index (χ4v) is 0.867. The van der Waals surface area contributed by atoms with Gasteiger partial charge in [0.1, 0.15) is 5.56 Å². The number of hydrogen-bond acceptors (Lipinski definition) is 3. The molecule has 1 rings (SSSR count). The Morgan fingerprint density at radius 1 is 1.50 bits per heavy atom. The van der Waals surface area contributed by atoms with Crippen molar-refractivity contribution in [2.45, 2.75) is 0 Å². The van der Waals surface area contributed by atoms with Gasteiger partial charge in [0.2, 0.25) is 0 Å². The van der Waals surface area contributed by atoms with Gasteiger partial charge in [-0.3, -0.25) is 10.1 Å². The van der Waals surface area contributed by atoms with Crippen LogP contribution in [0.5, 0.6) is 0 Å². The van der Waals surface area contributed by atoms with Crippen LogP contribution in [-0.4, -0.2) is 16.0 Å². The largest absolute Gasteiger partial charge is 1.00 e. The second kappa shape index (κ2) is 5.42. The van der Waals surface area contributed by atoms with E-state index in [0.717, 1.165) is 12.1 Å². The summed E-state index contributed by atoms with van der Waals surface area (Å²) in [5.74, 6) is -1.40. The summed E-state index contributed by atoms with van der Waals surface area (Å²) in [7, 11) is 0. The predicted octanol–water partition coefficient (Wildman–Crippen LogP) is -1.02. The third-order valence-corrected chi connectivity index (χ3v) is 1.42.